The van der Waals surface area contributed by atoms with E-state index in [0.29, 0.717) is 18.3 Å². The van der Waals surface area contributed by atoms with Crippen LogP contribution in [-0.4, -0.2) is 26.3 Å². The molecule has 0 saturated carbocycles. The number of rotatable bonds is 5. The van der Waals surface area contributed by atoms with Crippen molar-refractivity contribution in [2.45, 2.75) is 25.5 Å². The topological polar surface area (TPSA) is 66.0 Å². The minimum atomic E-state index is -0.0646. The van der Waals surface area contributed by atoms with Crippen molar-refractivity contribution in [2.75, 3.05) is 6.61 Å². The second-order valence-electron chi connectivity index (χ2n) is 6.50. The van der Waals surface area contributed by atoms with E-state index in [-0.39, 0.29) is 6.10 Å². The highest BCUT2D eigenvalue weighted by Gasteiger charge is 2.24. The monoisotopic (exact) mass is 378 g/mol. The Balaban J connectivity index is 1.50. The number of benzene rings is 1. The van der Waals surface area contributed by atoms with Crippen LogP contribution in [0.1, 0.15) is 30.7 Å². The number of hydrogen-bond donors (Lipinski definition) is 0. The molecule has 4 heterocycles. The first-order valence-electron chi connectivity index (χ1n) is 8.95. The van der Waals surface area contributed by atoms with Gasteiger partial charge >= 0.3 is 0 Å². The standard InChI is InChI=1S/C20H18N4O2S/c1-2-5-14(6-3-1)18-19(15-8-10-27-12-15)24(13-21-18)11-17-22-20(26-23-17)16-7-4-9-25-16/h1-3,5-6,8,10,12-13,16H,4,7,9,11H2. The number of hydrogen-bond acceptors (Lipinski definition) is 6. The fraction of sp³-hybridized carbons (Fsp3) is 0.250. The second kappa shape index (κ2) is 7.09. The number of aromatic nitrogens is 4. The summed E-state index contributed by atoms with van der Waals surface area (Å²) in [6.07, 6.45) is 3.75. The molecule has 0 N–H and O–H groups in total. The molecular formula is C20H18N4O2S. The van der Waals surface area contributed by atoms with Gasteiger partial charge in [-0.05, 0) is 24.3 Å². The predicted octanol–water partition coefficient (Wildman–Crippen LogP) is 4.56. The van der Waals surface area contributed by atoms with Gasteiger partial charge in [0.25, 0.3) is 5.89 Å². The van der Waals surface area contributed by atoms with E-state index < -0.39 is 0 Å². The summed E-state index contributed by atoms with van der Waals surface area (Å²) in [5, 5.41) is 8.36. The summed E-state index contributed by atoms with van der Waals surface area (Å²) < 4.78 is 13.1. The van der Waals surface area contributed by atoms with Crippen LogP contribution < -0.4 is 0 Å². The van der Waals surface area contributed by atoms with Gasteiger partial charge in [0, 0.05) is 23.1 Å². The Morgan fingerprint density at radius 2 is 2.07 bits per heavy atom. The lowest BCUT2D eigenvalue weighted by Crippen LogP contribution is -2.03. The van der Waals surface area contributed by atoms with Gasteiger partial charge in [-0.25, -0.2) is 4.98 Å². The maximum Gasteiger partial charge on any atom is 0.255 e. The Morgan fingerprint density at radius 3 is 2.85 bits per heavy atom. The summed E-state index contributed by atoms with van der Waals surface area (Å²) in [6.45, 7) is 1.26. The zero-order valence-corrected chi connectivity index (χ0v) is 15.4. The highest BCUT2D eigenvalue weighted by Crippen LogP contribution is 2.33. The van der Waals surface area contributed by atoms with Crippen LogP contribution in [0.5, 0.6) is 0 Å². The minimum absolute atomic E-state index is 0.0646. The molecule has 136 valence electrons. The lowest BCUT2D eigenvalue weighted by molar-refractivity contribution is 0.0835. The third kappa shape index (κ3) is 3.20. The predicted molar refractivity (Wildman–Crippen MR) is 102 cm³/mol. The van der Waals surface area contributed by atoms with E-state index in [9.17, 15) is 0 Å². The Kier molecular flexibility index (Phi) is 4.31. The molecule has 1 unspecified atom stereocenters. The molecule has 1 aromatic carbocycles. The minimum Gasteiger partial charge on any atom is -0.368 e. The van der Waals surface area contributed by atoms with Crippen LogP contribution in [0.2, 0.25) is 0 Å². The highest BCUT2D eigenvalue weighted by molar-refractivity contribution is 7.08. The fourth-order valence-corrected chi connectivity index (χ4v) is 4.04. The molecule has 6 nitrogen and oxygen atoms in total. The summed E-state index contributed by atoms with van der Waals surface area (Å²) in [5.74, 6) is 1.21. The molecule has 0 radical (unpaired) electrons. The molecule has 1 fully saturated rings. The Morgan fingerprint density at radius 1 is 1.15 bits per heavy atom. The molecule has 0 bridgehead atoms. The highest BCUT2D eigenvalue weighted by atomic mass is 32.1. The van der Waals surface area contributed by atoms with Crippen LogP contribution in [0.4, 0.5) is 0 Å². The van der Waals surface area contributed by atoms with Gasteiger partial charge in [-0.1, -0.05) is 35.5 Å². The van der Waals surface area contributed by atoms with Crippen molar-refractivity contribution in [3.63, 3.8) is 0 Å². The van der Waals surface area contributed by atoms with Crippen molar-refractivity contribution in [3.8, 4) is 22.5 Å². The molecule has 0 amide bonds. The van der Waals surface area contributed by atoms with E-state index in [0.717, 1.165) is 42.0 Å². The lowest BCUT2D eigenvalue weighted by Gasteiger charge is -2.07. The van der Waals surface area contributed by atoms with Crippen LogP contribution >= 0.6 is 11.3 Å². The van der Waals surface area contributed by atoms with Gasteiger partial charge in [0.05, 0.1) is 24.3 Å². The smallest absolute Gasteiger partial charge is 0.255 e. The SMILES string of the molecule is c1ccc(-c2ncn(Cc3noc(C4CCCO4)n3)c2-c2ccsc2)cc1. The van der Waals surface area contributed by atoms with Crippen molar-refractivity contribution >= 4 is 11.3 Å². The van der Waals surface area contributed by atoms with Gasteiger partial charge in [0.15, 0.2) is 5.82 Å². The molecule has 3 aromatic heterocycles. The molecule has 7 heteroatoms. The third-order valence-electron chi connectivity index (χ3n) is 4.68. The molecule has 0 spiro atoms. The summed E-state index contributed by atoms with van der Waals surface area (Å²) in [7, 11) is 0. The van der Waals surface area contributed by atoms with E-state index in [1.165, 1.54) is 0 Å². The summed E-state index contributed by atoms with van der Waals surface area (Å²) in [5.41, 5.74) is 4.24. The van der Waals surface area contributed by atoms with Crippen molar-refractivity contribution in [1.29, 1.82) is 0 Å². The normalized spacial score (nSPS) is 16.8. The summed E-state index contributed by atoms with van der Waals surface area (Å²) >= 11 is 1.67. The lowest BCUT2D eigenvalue weighted by atomic mass is 10.1. The second-order valence-corrected chi connectivity index (χ2v) is 7.28. The first kappa shape index (κ1) is 16.4. The van der Waals surface area contributed by atoms with E-state index in [4.69, 9.17) is 9.26 Å². The summed E-state index contributed by atoms with van der Waals surface area (Å²) in [4.78, 5) is 9.22. The van der Waals surface area contributed by atoms with E-state index in [1.54, 1.807) is 11.3 Å². The number of nitrogens with zero attached hydrogens (tertiary/aromatic N) is 4. The fourth-order valence-electron chi connectivity index (χ4n) is 3.40. The molecule has 1 atom stereocenters. The Hall–Kier alpha value is -2.77. The third-order valence-corrected chi connectivity index (χ3v) is 5.36. The van der Waals surface area contributed by atoms with Gasteiger partial charge in [-0.15, -0.1) is 0 Å². The van der Waals surface area contributed by atoms with Crippen molar-refractivity contribution < 1.29 is 9.26 Å². The molecule has 1 saturated heterocycles. The van der Waals surface area contributed by atoms with E-state index in [1.807, 2.05) is 24.5 Å². The first-order valence-corrected chi connectivity index (χ1v) is 9.90. The van der Waals surface area contributed by atoms with Crippen LogP contribution in [-0.2, 0) is 11.3 Å². The number of ether oxygens (including phenoxy) is 1. The van der Waals surface area contributed by atoms with Crippen LogP contribution in [0.3, 0.4) is 0 Å². The first-order chi connectivity index (χ1) is 13.4. The Bertz CT molecular complexity index is 1020. The maximum atomic E-state index is 5.63. The van der Waals surface area contributed by atoms with Crippen LogP contribution in [0.15, 0.2) is 58.0 Å². The van der Waals surface area contributed by atoms with Gasteiger partial charge < -0.3 is 13.8 Å². The van der Waals surface area contributed by atoms with E-state index in [2.05, 4.69) is 48.7 Å². The maximum absolute atomic E-state index is 5.63. The molecule has 0 aliphatic carbocycles. The largest absolute Gasteiger partial charge is 0.368 e. The zero-order valence-electron chi connectivity index (χ0n) is 14.6. The van der Waals surface area contributed by atoms with Gasteiger partial charge in [0.2, 0.25) is 0 Å². The average molecular weight is 378 g/mol. The van der Waals surface area contributed by atoms with Crippen LogP contribution in [0, 0.1) is 0 Å². The average Bonchev–Trinajstić information content (AvgIpc) is 3.48. The van der Waals surface area contributed by atoms with Crippen LogP contribution in [0.25, 0.3) is 22.5 Å². The van der Waals surface area contributed by atoms with Gasteiger partial charge in [-0.2, -0.15) is 16.3 Å². The van der Waals surface area contributed by atoms with Crippen molar-refractivity contribution in [1.82, 2.24) is 19.7 Å². The quantitative estimate of drug-likeness (QED) is 0.509. The zero-order chi connectivity index (χ0) is 18.1. The number of imidazole rings is 1. The molecule has 27 heavy (non-hydrogen) atoms. The Labute approximate surface area is 160 Å². The van der Waals surface area contributed by atoms with Gasteiger partial charge in [0.1, 0.15) is 6.10 Å². The molecule has 4 aromatic rings. The number of thiophene rings is 1. The molecule has 5 rings (SSSR count). The van der Waals surface area contributed by atoms with Crippen molar-refractivity contribution in [2.24, 2.45) is 0 Å². The molecule has 1 aliphatic heterocycles. The van der Waals surface area contributed by atoms with Gasteiger partial charge in [-0.3, -0.25) is 0 Å². The molecular weight excluding hydrogens is 360 g/mol. The molecule has 1 aliphatic rings. The van der Waals surface area contributed by atoms with E-state index >= 15 is 0 Å². The summed E-state index contributed by atoms with van der Waals surface area (Å²) in [6, 6.07) is 12.3. The van der Waals surface area contributed by atoms with Crippen molar-refractivity contribution in [3.05, 3.63) is 65.2 Å².